The molecule has 0 saturated heterocycles. The standard InChI is InChI=1S/C22H21NO3S/c24-19(15-8-2-1-3-9-15)14-26-22(25)17-11-5-4-10-16(17)21-23-18-12-6-7-13-20(18)27-21/h1-3,6-9,12-13,16-17H,4-5,10-11,14H2/t16-,17+/m1/s1. The Kier molecular flexibility index (Phi) is 5.30. The lowest BCUT2D eigenvalue weighted by Crippen LogP contribution is -2.29. The van der Waals surface area contributed by atoms with Crippen molar-refractivity contribution in [2.75, 3.05) is 6.61 Å². The lowest BCUT2D eigenvalue weighted by molar-refractivity contribution is -0.149. The molecule has 2 aromatic carbocycles. The fraction of sp³-hybridized carbons (Fsp3) is 0.318. The Balaban J connectivity index is 1.47. The van der Waals surface area contributed by atoms with Gasteiger partial charge in [-0.2, -0.15) is 0 Å². The van der Waals surface area contributed by atoms with Gasteiger partial charge in [0.15, 0.2) is 12.4 Å². The maximum Gasteiger partial charge on any atom is 0.310 e. The van der Waals surface area contributed by atoms with Crippen molar-refractivity contribution in [1.29, 1.82) is 0 Å². The van der Waals surface area contributed by atoms with Crippen LogP contribution in [0.2, 0.25) is 0 Å². The molecule has 4 rings (SSSR count). The Morgan fingerprint density at radius 3 is 2.56 bits per heavy atom. The summed E-state index contributed by atoms with van der Waals surface area (Å²) in [6, 6.07) is 17.0. The SMILES string of the molecule is O=C(COC(=O)[C@H]1CCCC[C@H]1c1nc2ccccc2s1)c1ccccc1. The average molecular weight is 379 g/mol. The van der Waals surface area contributed by atoms with Crippen LogP contribution in [-0.2, 0) is 9.53 Å². The van der Waals surface area contributed by atoms with Crippen molar-refractivity contribution in [1.82, 2.24) is 4.98 Å². The molecule has 0 radical (unpaired) electrons. The van der Waals surface area contributed by atoms with Gasteiger partial charge in [0, 0.05) is 11.5 Å². The minimum atomic E-state index is -0.275. The van der Waals surface area contributed by atoms with E-state index in [1.807, 2.05) is 24.3 Å². The number of aromatic nitrogens is 1. The van der Waals surface area contributed by atoms with Crippen molar-refractivity contribution in [2.45, 2.75) is 31.6 Å². The van der Waals surface area contributed by atoms with Gasteiger partial charge < -0.3 is 4.74 Å². The molecule has 27 heavy (non-hydrogen) atoms. The number of ketones is 1. The summed E-state index contributed by atoms with van der Waals surface area (Å²) in [5.74, 6) is -0.585. The van der Waals surface area contributed by atoms with Crippen molar-refractivity contribution < 1.29 is 14.3 Å². The van der Waals surface area contributed by atoms with Gasteiger partial charge >= 0.3 is 5.97 Å². The molecule has 1 aliphatic carbocycles. The molecule has 4 nitrogen and oxygen atoms in total. The topological polar surface area (TPSA) is 56.3 Å². The summed E-state index contributed by atoms with van der Waals surface area (Å²) in [7, 11) is 0. The van der Waals surface area contributed by atoms with Crippen LogP contribution in [0.25, 0.3) is 10.2 Å². The predicted octanol–water partition coefficient (Wildman–Crippen LogP) is 5.00. The summed E-state index contributed by atoms with van der Waals surface area (Å²) in [6.45, 7) is -0.202. The number of Topliss-reactive ketones (excluding diaryl/α,β-unsaturated/α-hetero) is 1. The van der Waals surface area contributed by atoms with Gasteiger partial charge in [-0.3, -0.25) is 9.59 Å². The number of ether oxygens (including phenoxy) is 1. The van der Waals surface area contributed by atoms with E-state index in [0.29, 0.717) is 5.56 Å². The number of fused-ring (bicyclic) bond motifs is 1. The van der Waals surface area contributed by atoms with E-state index in [9.17, 15) is 9.59 Å². The van der Waals surface area contributed by atoms with Gasteiger partial charge in [0.25, 0.3) is 0 Å². The number of hydrogen-bond donors (Lipinski definition) is 0. The molecule has 0 N–H and O–H groups in total. The Morgan fingerprint density at radius 2 is 1.74 bits per heavy atom. The van der Waals surface area contributed by atoms with Gasteiger partial charge in [-0.15, -0.1) is 11.3 Å². The van der Waals surface area contributed by atoms with Crippen LogP contribution in [-0.4, -0.2) is 23.3 Å². The van der Waals surface area contributed by atoms with E-state index in [4.69, 9.17) is 9.72 Å². The molecule has 2 atom stereocenters. The number of nitrogens with zero attached hydrogens (tertiary/aromatic N) is 1. The maximum absolute atomic E-state index is 12.7. The molecule has 0 spiro atoms. The zero-order valence-electron chi connectivity index (χ0n) is 15.0. The third kappa shape index (κ3) is 3.93. The van der Waals surface area contributed by atoms with Crippen LogP contribution in [0.3, 0.4) is 0 Å². The van der Waals surface area contributed by atoms with Crippen molar-refractivity contribution in [3.8, 4) is 0 Å². The van der Waals surface area contributed by atoms with Crippen molar-refractivity contribution >= 4 is 33.3 Å². The molecule has 5 heteroatoms. The van der Waals surface area contributed by atoms with Gasteiger partial charge in [0.05, 0.1) is 21.1 Å². The second kappa shape index (κ2) is 8.01. The molecule has 1 saturated carbocycles. The molecule has 0 aliphatic heterocycles. The van der Waals surface area contributed by atoms with Gasteiger partial charge in [-0.05, 0) is 25.0 Å². The molecule has 138 valence electrons. The number of para-hydroxylation sites is 1. The fourth-order valence-electron chi connectivity index (χ4n) is 3.71. The van der Waals surface area contributed by atoms with E-state index in [1.54, 1.807) is 35.6 Å². The number of rotatable bonds is 5. The van der Waals surface area contributed by atoms with E-state index in [2.05, 4.69) is 6.07 Å². The summed E-state index contributed by atoms with van der Waals surface area (Å²) in [5, 5.41) is 1.01. The highest BCUT2D eigenvalue weighted by atomic mass is 32.1. The first-order chi connectivity index (χ1) is 13.2. The van der Waals surface area contributed by atoms with Gasteiger partial charge in [-0.1, -0.05) is 55.3 Å². The van der Waals surface area contributed by atoms with Crippen molar-refractivity contribution in [2.24, 2.45) is 5.92 Å². The van der Waals surface area contributed by atoms with Crippen LogP contribution in [0.15, 0.2) is 54.6 Å². The third-order valence-corrected chi connectivity index (χ3v) is 6.31. The van der Waals surface area contributed by atoms with Crippen LogP contribution < -0.4 is 0 Å². The van der Waals surface area contributed by atoms with Gasteiger partial charge in [-0.25, -0.2) is 4.98 Å². The molecule has 0 amide bonds. The number of benzene rings is 2. The second-order valence-corrected chi connectivity index (χ2v) is 7.98. The lowest BCUT2D eigenvalue weighted by atomic mass is 9.79. The van der Waals surface area contributed by atoms with Gasteiger partial charge in [0.2, 0.25) is 0 Å². The normalized spacial score (nSPS) is 19.7. The quantitative estimate of drug-likeness (QED) is 0.463. The molecule has 1 aliphatic rings. The Morgan fingerprint density at radius 1 is 1.00 bits per heavy atom. The molecule has 1 aromatic heterocycles. The summed E-state index contributed by atoms with van der Waals surface area (Å²) < 4.78 is 6.55. The number of esters is 1. The molecule has 3 aromatic rings. The monoisotopic (exact) mass is 379 g/mol. The smallest absolute Gasteiger partial charge is 0.310 e. The zero-order chi connectivity index (χ0) is 18.6. The van der Waals surface area contributed by atoms with Crippen LogP contribution in [0.5, 0.6) is 0 Å². The van der Waals surface area contributed by atoms with Gasteiger partial charge in [0.1, 0.15) is 0 Å². The third-order valence-electron chi connectivity index (χ3n) is 5.14. The van der Waals surface area contributed by atoms with E-state index < -0.39 is 0 Å². The first kappa shape index (κ1) is 17.9. The van der Waals surface area contributed by atoms with Crippen LogP contribution in [0.1, 0.15) is 47.0 Å². The van der Waals surface area contributed by atoms with E-state index in [0.717, 1.165) is 40.9 Å². The maximum atomic E-state index is 12.7. The lowest BCUT2D eigenvalue weighted by Gasteiger charge is -2.28. The van der Waals surface area contributed by atoms with Crippen LogP contribution in [0.4, 0.5) is 0 Å². The Labute approximate surface area is 162 Å². The van der Waals surface area contributed by atoms with E-state index >= 15 is 0 Å². The highest BCUT2D eigenvalue weighted by molar-refractivity contribution is 7.18. The highest BCUT2D eigenvalue weighted by Crippen LogP contribution is 2.41. The highest BCUT2D eigenvalue weighted by Gasteiger charge is 2.35. The molecular formula is C22H21NO3S. The molecular weight excluding hydrogens is 358 g/mol. The number of carbonyl (C=O) groups is 2. The summed E-state index contributed by atoms with van der Waals surface area (Å²) in [5.41, 5.74) is 1.55. The Bertz CT molecular complexity index is 917. The zero-order valence-corrected chi connectivity index (χ0v) is 15.8. The summed E-state index contributed by atoms with van der Waals surface area (Å²) >= 11 is 1.66. The first-order valence-corrected chi connectivity index (χ1v) is 10.1. The minimum Gasteiger partial charge on any atom is -0.457 e. The van der Waals surface area contributed by atoms with Crippen molar-refractivity contribution in [3.05, 3.63) is 65.2 Å². The van der Waals surface area contributed by atoms with Crippen LogP contribution in [0, 0.1) is 5.92 Å². The fourth-order valence-corrected chi connectivity index (χ4v) is 4.88. The number of hydrogen-bond acceptors (Lipinski definition) is 5. The molecule has 0 unspecified atom stereocenters. The van der Waals surface area contributed by atoms with Crippen LogP contribution >= 0.6 is 11.3 Å². The summed E-state index contributed by atoms with van der Waals surface area (Å²) in [4.78, 5) is 29.7. The predicted molar refractivity (Wildman–Crippen MR) is 106 cm³/mol. The number of carbonyl (C=O) groups excluding carboxylic acids is 2. The van der Waals surface area contributed by atoms with Crippen molar-refractivity contribution in [3.63, 3.8) is 0 Å². The minimum absolute atomic E-state index is 0.0791. The largest absolute Gasteiger partial charge is 0.457 e. The molecule has 1 heterocycles. The summed E-state index contributed by atoms with van der Waals surface area (Å²) in [6.07, 6.45) is 3.83. The second-order valence-electron chi connectivity index (χ2n) is 6.91. The molecule has 1 fully saturated rings. The van der Waals surface area contributed by atoms with E-state index in [-0.39, 0.29) is 30.2 Å². The van der Waals surface area contributed by atoms with E-state index in [1.165, 1.54) is 0 Å². The Hall–Kier alpha value is -2.53. The molecule has 0 bridgehead atoms. The first-order valence-electron chi connectivity index (χ1n) is 9.33. The average Bonchev–Trinajstić information content (AvgIpc) is 3.16. The number of thiazole rings is 1.